The zero-order valence-corrected chi connectivity index (χ0v) is 17.6. The quantitative estimate of drug-likeness (QED) is 0.754. The molecule has 0 aromatic carbocycles. The second kappa shape index (κ2) is 6.88. The largest absolute Gasteiger partial charge is 0.457 e. The fourth-order valence-electron chi connectivity index (χ4n) is 4.02. The van der Waals surface area contributed by atoms with Crippen molar-refractivity contribution in [3.8, 4) is 0 Å². The summed E-state index contributed by atoms with van der Waals surface area (Å²) in [5, 5.41) is 3.18. The number of carbonyl (C=O) groups excluding carboxylic acids is 1. The van der Waals surface area contributed by atoms with E-state index in [-0.39, 0.29) is 35.2 Å². The highest BCUT2D eigenvalue weighted by Crippen LogP contribution is 2.43. The summed E-state index contributed by atoms with van der Waals surface area (Å²) < 4.78 is 12.2. The van der Waals surface area contributed by atoms with Crippen LogP contribution in [-0.4, -0.2) is 29.8 Å². The maximum absolute atomic E-state index is 12.8. The van der Waals surface area contributed by atoms with Gasteiger partial charge in [0.1, 0.15) is 0 Å². The van der Waals surface area contributed by atoms with Crippen LogP contribution in [0.5, 0.6) is 0 Å². The average Bonchev–Trinajstić information content (AvgIpc) is 2.63. The Labute approximate surface area is 154 Å². The van der Waals surface area contributed by atoms with E-state index < -0.39 is 0 Å². The van der Waals surface area contributed by atoms with E-state index in [1.807, 2.05) is 20.8 Å². The van der Waals surface area contributed by atoms with Crippen molar-refractivity contribution in [2.75, 3.05) is 0 Å². The first-order chi connectivity index (χ1) is 11.2. The van der Waals surface area contributed by atoms with Crippen LogP contribution in [0.4, 0.5) is 0 Å². The molecule has 1 aliphatic carbocycles. The molecule has 1 aliphatic heterocycles. The molecule has 0 radical (unpaired) electrons. The lowest BCUT2D eigenvalue weighted by Gasteiger charge is -2.39. The van der Waals surface area contributed by atoms with Crippen molar-refractivity contribution in [1.29, 1.82) is 0 Å². The van der Waals surface area contributed by atoms with Crippen LogP contribution in [0.25, 0.3) is 0 Å². The topological polar surface area (TPSA) is 47.6 Å². The third kappa shape index (κ3) is 5.00. The molecule has 0 aromatic heterocycles. The summed E-state index contributed by atoms with van der Waals surface area (Å²) in [6, 6.07) is 0. The first-order valence-corrected chi connectivity index (χ1v) is 9.92. The van der Waals surface area contributed by atoms with Gasteiger partial charge in [-0.05, 0) is 73.5 Å². The van der Waals surface area contributed by atoms with Crippen LogP contribution in [0, 0.1) is 11.3 Å². The highest BCUT2D eigenvalue weighted by Gasteiger charge is 2.51. The zero-order chi connectivity index (χ0) is 19.1. The zero-order valence-electron chi connectivity index (χ0n) is 17.6. The molecule has 1 saturated carbocycles. The highest BCUT2D eigenvalue weighted by atomic mass is 16.7. The molecule has 25 heavy (non-hydrogen) atoms. The van der Waals surface area contributed by atoms with Crippen molar-refractivity contribution in [3.63, 3.8) is 0 Å². The highest BCUT2D eigenvalue weighted by molar-refractivity contribution is 6.45. The van der Waals surface area contributed by atoms with Gasteiger partial charge in [0.15, 0.2) is 0 Å². The van der Waals surface area contributed by atoms with Crippen LogP contribution in [0.2, 0.25) is 6.32 Å². The van der Waals surface area contributed by atoms with E-state index in [9.17, 15) is 4.79 Å². The molecule has 0 spiro atoms. The number of carbonyl (C=O) groups is 1. The van der Waals surface area contributed by atoms with E-state index in [0.717, 1.165) is 32.0 Å². The van der Waals surface area contributed by atoms with Crippen LogP contribution in [0.15, 0.2) is 0 Å². The molecule has 2 fully saturated rings. The average molecular weight is 351 g/mol. The third-order valence-electron chi connectivity index (χ3n) is 6.23. The second-order valence-corrected chi connectivity index (χ2v) is 10.5. The number of hydrogen-bond donors (Lipinski definition) is 1. The molecule has 2 atom stereocenters. The summed E-state index contributed by atoms with van der Waals surface area (Å²) in [5.74, 6) is 0.781. The van der Waals surface area contributed by atoms with Crippen LogP contribution < -0.4 is 5.32 Å². The molecule has 0 aromatic rings. The minimum Gasteiger partial charge on any atom is -0.403 e. The lowest BCUT2D eigenvalue weighted by Crippen LogP contribution is -2.49. The first kappa shape index (κ1) is 20.8. The van der Waals surface area contributed by atoms with E-state index in [0.29, 0.717) is 5.92 Å². The summed E-state index contributed by atoms with van der Waals surface area (Å²) in [6.45, 7) is 16.7. The minimum atomic E-state index is -0.259. The molecule has 2 rings (SSSR count). The van der Waals surface area contributed by atoms with Gasteiger partial charge in [-0.25, -0.2) is 0 Å². The van der Waals surface area contributed by atoms with Crippen LogP contribution in [0.3, 0.4) is 0 Å². The maximum atomic E-state index is 12.8. The Kier molecular flexibility index (Phi) is 5.72. The summed E-state index contributed by atoms with van der Waals surface area (Å²) in [5.41, 5.74) is -0.932. The van der Waals surface area contributed by atoms with Gasteiger partial charge in [-0.1, -0.05) is 26.2 Å². The number of rotatable bonds is 4. The molecule has 1 heterocycles. The van der Waals surface area contributed by atoms with Crippen LogP contribution in [0.1, 0.15) is 87.5 Å². The number of nitrogens with one attached hydrogen (secondary N) is 1. The molecule has 1 amide bonds. The summed E-state index contributed by atoms with van der Waals surface area (Å²) in [6.07, 6.45) is 6.26. The molecule has 4 nitrogen and oxygen atoms in total. The van der Waals surface area contributed by atoms with E-state index in [1.165, 1.54) is 6.42 Å². The van der Waals surface area contributed by atoms with Crippen LogP contribution >= 0.6 is 0 Å². The fourth-order valence-corrected chi connectivity index (χ4v) is 4.02. The van der Waals surface area contributed by atoms with E-state index >= 15 is 0 Å². The van der Waals surface area contributed by atoms with Gasteiger partial charge in [-0.2, -0.15) is 0 Å². The normalized spacial score (nSPS) is 31.8. The SMILES string of the molecule is CC(C)(C)NC(=O)[C@]1(C)CCC[C@H](CCB2OC(C)(C)C(C)(C)O2)C1. The Morgan fingerprint density at radius 3 is 2.20 bits per heavy atom. The van der Waals surface area contributed by atoms with E-state index in [4.69, 9.17) is 9.31 Å². The van der Waals surface area contributed by atoms with Crippen molar-refractivity contribution in [2.45, 2.75) is 111 Å². The summed E-state index contributed by atoms with van der Waals surface area (Å²) in [7, 11) is -0.124. The van der Waals surface area contributed by atoms with Gasteiger partial charge < -0.3 is 14.6 Å². The summed E-state index contributed by atoms with van der Waals surface area (Å²) in [4.78, 5) is 12.8. The second-order valence-electron chi connectivity index (χ2n) is 10.5. The van der Waals surface area contributed by atoms with Gasteiger partial charge in [-0.3, -0.25) is 4.79 Å². The Hall–Kier alpha value is -0.545. The lowest BCUT2D eigenvalue weighted by molar-refractivity contribution is -0.134. The van der Waals surface area contributed by atoms with Gasteiger partial charge in [0, 0.05) is 11.0 Å². The smallest absolute Gasteiger partial charge is 0.403 e. The number of hydrogen-bond acceptors (Lipinski definition) is 3. The van der Waals surface area contributed by atoms with Crippen LogP contribution in [-0.2, 0) is 14.1 Å². The van der Waals surface area contributed by atoms with Gasteiger partial charge >= 0.3 is 7.12 Å². The van der Waals surface area contributed by atoms with Crippen molar-refractivity contribution < 1.29 is 14.1 Å². The molecule has 144 valence electrons. The molecule has 0 unspecified atom stereocenters. The maximum Gasteiger partial charge on any atom is 0.457 e. The molecule has 5 heteroatoms. The Morgan fingerprint density at radius 1 is 1.12 bits per heavy atom. The van der Waals surface area contributed by atoms with E-state index in [1.54, 1.807) is 0 Å². The predicted molar refractivity (Wildman–Crippen MR) is 103 cm³/mol. The first-order valence-electron chi connectivity index (χ1n) is 9.92. The van der Waals surface area contributed by atoms with Gasteiger partial charge in [0.25, 0.3) is 0 Å². The third-order valence-corrected chi connectivity index (χ3v) is 6.23. The Bertz CT molecular complexity index is 482. The van der Waals surface area contributed by atoms with Crippen molar-refractivity contribution >= 4 is 13.0 Å². The Balaban J connectivity index is 1.89. The number of amides is 1. The van der Waals surface area contributed by atoms with Crippen molar-refractivity contribution in [1.82, 2.24) is 5.32 Å². The van der Waals surface area contributed by atoms with Crippen molar-refractivity contribution in [2.24, 2.45) is 11.3 Å². The molecular formula is C20H38BNO3. The standard InChI is InChI=1S/C20H38BNO3/c1-17(2,3)22-16(23)20(8)12-9-10-15(14-20)11-13-21-24-18(4,5)19(6,7)25-21/h15H,9-14H2,1-8H3,(H,22,23)/t15-,20-/m1/s1. The lowest BCUT2D eigenvalue weighted by atomic mass is 9.67. The monoisotopic (exact) mass is 351 g/mol. The molecular weight excluding hydrogens is 313 g/mol. The van der Waals surface area contributed by atoms with E-state index in [2.05, 4.69) is 39.9 Å². The molecule has 0 bridgehead atoms. The van der Waals surface area contributed by atoms with Gasteiger partial charge in [-0.15, -0.1) is 0 Å². The molecule has 1 N–H and O–H groups in total. The van der Waals surface area contributed by atoms with Crippen molar-refractivity contribution in [3.05, 3.63) is 0 Å². The molecule has 1 saturated heterocycles. The minimum absolute atomic E-state index is 0.124. The predicted octanol–water partition coefficient (Wildman–Crippen LogP) is 4.58. The summed E-state index contributed by atoms with van der Waals surface area (Å²) >= 11 is 0. The van der Waals surface area contributed by atoms with Gasteiger partial charge in [0.2, 0.25) is 5.91 Å². The van der Waals surface area contributed by atoms with Gasteiger partial charge in [0.05, 0.1) is 11.2 Å². The Morgan fingerprint density at radius 2 is 1.68 bits per heavy atom. The molecule has 2 aliphatic rings. The fraction of sp³-hybridized carbons (Fsp3) is 0.950.